The van der Waals surface area contributed by atoms with Crippen molar-refractivity contribution < 1.29 is 0 Å². The summed E-state index contributed by atoms with van der Waals surface area (Å²) in [5.41, 5.74) is 2.22. The molecule has 1 heterocycles. The number of fused-ring (bicyclic) bond motifs is 1. The average molecular weight is 267 g/mol. The number of alkyl halides is 1. The Bertz CT molecular complexity index is 389. The molecule has 1 aromatic carbocycles. The van der Waals surface area contributed by atoms with Crippen LogP contribution in [0.4, 0.5) is 0 Å². The van der Waals surface area contributed by atoms with Crippen LogP contribution >= 0.6 is 15.9 Å². The normalized spacial score (nSPS) is 11.0. The van der Waals surface area contributed by atoms with E-state index in [-0.39, 0.29) is 0 Å². The highest BCUT2D eigenvalue weighted by molar-refractivity contribution is 9.09. The molecule has 0 spiro atoms. The summed E-state index contributed by atoms with van der Waals surface area (Å²) < 4.78 is 0. The fourth-order valence-corrected chi connectivity index (χ4v) is 2.08. The number of hydrogen-bond acceptors (Lipinski definition) is 1. The maximum Gasteiger partial charge on any atom is 0.107 e. The van der Waals surface area contributed by atoms with Gasteiger partial charge in [0.2, 0.25) is 0 Å². The van der Waals surface area contributed by atoms with Gasteiger partial charge in [-0.1, -0.05) is 34.5 Å². The number of halogens is 1. The molecule has 0 fully saturated rings. The molecule has 3 heteroatoms. The minimum atomic E-state index is 1.06. The van der Waals surface area contributed by atoms with Gasteiger partial charge < -0.3 is 4.98 Å². The molecule has 0 unspecified atom stereocenters. The summed E-state index contributed by atoms with van der Waals surface area (Å²) >= 11 is 3.44. The zero-order valence-electron chi connectivity index (χ0n) is 8.67. The van der Waals surface area contributed by atoms with Gasteiger partial charge in [0.05, 0.1) is 11.0 Å². The van der Waals surface area contributed by atoms with Crippen LogP contribution in [0.5, 0.6) is 0 Å². The van der Waals surface area contributed by atoms with Crippen molar-refractivity contribution in [2.75, 3.05) is 5.33 Å². The summed E-state index contributed by atoms with van der Waals surface area (Å²) in [4.78, 5) is 7.89. The van der Waals surface area contributed by atoms with Crippen molar-refractivity contribution in [3.05, 3.63) is 30.1 Å². The molecular weight excluding hydrogens is 252 g/mol. The van der Waals surface area contributed by atoms with Gasteiger partial charge in [0.15, 0.2) is 0 Å². The molecule has 1 aromatic heterocycles. The van der Waals surface area contributed by atoms with Crippen LogP contribution in [0.15, 0.2) is 24.3 Å². The summed E-state index contributed by atoms with van der Waals surface area (Å²) in [6.45, 7) is 0. The maximum atomic E-state index is 4.54. The molecule has 0 aliphatic carbocycles. The van der Waals surface area contributed by atoms with Crippen molar-refractivity contribution in [2.45, 2.75) is 25.7 Å². The zero-order chi connectivity index (χ0) is 10.5. The van der Waals surface area contributed by atoms with Crippen LogP contribution in [0, 0.1) is 0 Å². The third kappa shape index (κ3) is 2.81. The molecule has 2 nitrogen and oxygen atoms in total. The van der Waals surface area contributed by atoms with Crippen LogP contribution in [0.2, 0.25) is 0 Å². The summed E-state index contributed by atoms with van der Waals surface area (Å²) in [7, 11) is 0. The van der Waals surface area contributed by atoms with Gasteiger partial charge in [0.25, 0.3) is 0 Å². The summed E-state index contributed by atoms with van der Waals surface area (Å²) in [6.07, 6.45) is 4.79. The Morgan fingerprint density at radius 3 is 2.80 bits per heavy atom. The quantitative estimate of drug-likeness (QED) is 0.649. The molecule has 0 aliphatic heterocycles. The van der Waals surface area contributed by atoms with Crippen molar-refractivity contribution in [2.24, 2.45) is 0 Å². The number of H-pyrrole nitrogens is 1. The highest BCUT2D eigenvalue weighted by Gasteiger charge is 2.00. The largest absolute Gasteiger partial charge is 0.342 e. The third-order valence-electron chi connectivity index (χ3n) is 2.49. The van der Waals surface area contributed by atoms with Gasteiger partial charge in [-0.25, -0.2) is 4.98 Å². The first-order valence-corrected chi connectivity index (χ1v) is 6.52. The molecule has 0 radical (unpaired) electrons. The number of benzene rings is 1. The molecule has 0 aliphatic rings. The molecular formula is C12H15BrN2. The van der Waals surface area contributed by atoms with Gasteiger partial charge >= 0.3 is 0 Å². The Morgan fingerprint density at radius 2 is 2.00 bits per heavy atom. The Hall–Kier alpha value is -0.830. The predicted octanol–water partition coefficient (Wildman–Crippen LogP) is 3.67. The van der Waals surface area contributed by atoms with E-state index in [0.29, 0.717) is 0 Å². The van der Waals surface area contributed by atoms with E-state index in [9.17, 15) is 0 Å². The van der Waals surface area contributed by atoms with E-state index in [4.69, 9.17) is 0 Å². The van der Waals surface area contributed by atoms with Crippen LogP contribution in [-0.2, 0) is 6.42 Å². The number of aromatic nitrogens is 2. The van der Waals surface area contributed by atoms with Crippen LogP contribution in [0.25, 0.3) is 11.0 Å². The lowest BCUT2D eigenvalue weighted by Gasteiger charge is -1.95. The molecule has 2 rings (SSSR count). The van der Waals surface area contributed by atoms with E-state index >= 15 is 0 Å². The van der Waals surface area contributed by atoms with E-state index in [1.165, 1.54) is 19.3 Å². The minimum Gasteiger partial charge on any atom is -0.342 e. The summed E-state index contributed by atoms with van der Waals surface area (Å²) in [5, 5.41) is 1.10. The molecule has 0 bridgehead atoms. The van der Waals surface area contributed by atoms with Crippen LogP contribution in [0.1, 0.15) is 25.1 Å². The number of hydrogen-bond donors (Lipinski definition) is 1. The first kappa shape index (κ1) is 10.7. The summed E-state index contributed by atoms with van der Waals surface area (Å²) in [5.74, 6) is 1.12. The molecule has 1 N–H and O–H groups in total. The van der Waals surface area contributed by atoms with Crippen molar-refractivity contribution in [1.29, 1.82) is 0 Å². The fraction of sp³-hybridized carbons (Fsp3) is 0.417. The summed E-state index contributed by atoms with van der Waals surface area (Å²) in [6, 6.07) is 8.19. The number of aryl methyl sites for hydroxylation is 1. The van der Waals surface area contributed by atoms with Gasteiger partial charge in [0.1, 0.15) is 5.82 Å². The number of aromatic amines is 1. The Morgan fingerprint density at radius 1 is 1.13 bits per heavy atom. The van der Waals surface area contributed by atoms with Crippen molar-refractivity contribution in [3.8, 4) is 0 Å². The number of rotatable bonds is 5. The third-order valence-corrected chi connectivity index (χ3v) is 3.05. The Kier molecular flexibility index (Phi) is 3.78. The zero-order valence-corrected chi connectivity index (χ0v) is 10.3. The smallest absolute Gasteiger partial charge is 0.107 e. The molecule has 0 amide bonds. The molecule has 0 saturated heterocycles. The number of nitrogens with zero attached hydrogens (tertiary/aromatic N) is 1. The monoisotopic (exact) mass is 266 g/mol. The van der Waals surface area contributed by atoms with E-state index in [1.54, 1.807) is 0 Å². The van der Waals surface area contributed by atoms with Gasteiger partial charge in [-0.2, -0.15) is 0 Å². The number of unbranched alkanes of at least 4 members (excludes halogenated alkanes) is 2. The first-order chi connectivity index (χ1) is 7.40. The molecule has 0 atom stereocenters. The number of para-hydroxylation sites is 2. The molecule has 80 valence electrons. The Balaban J connectivity index is 1.97. The van der Waals surface area contributed by atoms with Gasteiger partial charge in [-0.15, -0.1) is 0 Å². The van der Waals surface area contributed by atoms with Crippen molar-refractivity contribution in [3.63, 3.8) is 0 Å². The van der Waals surface area contributed by atoms with Crippen molar-refractivity contribution >= 4 is 27.0 Å². The topological polar surface area (TPSA) is 28.7 Å². The Labute approximate surface area is 98.2 Å². The second-order valence-electron chi connectivity index (χ2n) is 3.70. The van der Waals surface area contributed by atoms with E-state index in [1.807, 2.05) is 18.2 Å². The van der Waals surface area contributed by atoms with Crippen molar-refractivity contribution in [1.82, 2.24) is 9.97 Å². The van der Waals surface area contributed by atoms with Gasteiger partial charge in [0, 0.05) is 11.8 Å². The van der Waals surface area contributed by atoms with E-state index in [0.717, 1.165) is 28.6 Å². The predicted molar refractivity (Wildman–Crippen MR) is 67.4 cm³/mol. The van der Waals surface area contributed by atoms with E-state index < -0.39 is 0 Å². The van der Waals surface area contributed by atoms with Gasteiger partial charge in [-0.05, 0) is 25.0 Å². The maximum absolute atomic E-state index is 4.54. The lowest BCUT2D eigenvalue weighted by molar-refractivity contribution is 0.706. The second kappa shape index (κ2) is 5.31. The lowest BCUT2D eigenvalue weighted by Crippen LogP contribution is -1.88. The fourth-order valence-electron chi connectivity index (χ4n) is 1.69. The molecule has 15 heavy (non-hydrogen) atoms. The SMILES string of the molecule is BrCCCCCc1nc2ccccc2[nH]1. The molecule has 0 saturated carbocycles. The highest BCUT2D eigenvalue weighted by atomic mass is 79.9. The lowest BCUT2D eigenvalue weighted by atomic mass is 10.2. The average Bonchev–Trinajstić information content (AvgIpc) is 2.67. The molecule has 2 aromatic rings. The minimum absolute atomic E-state index is 1.06. The van der Waals surface area contributed by atoms with Crippen LogP contribution in [0.3, 0.4) is 0 Å². The van der Waals surface area contributed by atoms with Gasteiger partial charge in [-0.3, -0.25) is 0 Å². The van der Waals surface area contributed by atoms with E-state index in [2.05, 4.69) is 32.0 Å². The highest BCUT2D eigenvalue weighted by Crippen LogP contribution is 2.12. The first-order valence-electron chi connectivity index (χ1n) is 5.40. The van der Waals surface area contributed by atoms with Crippen LogP contribution < -0.4 is 0 Å². The second-order valence-corrected chi connectivity index (χ2v) is 4.49. The standard InChI is InChI=1S/C12H15BrN2/c13-9-5-1-2-8-12-14-10-6-3-4-7-11(10)15-12/h3-4,6-7H,1-2,5,8-9H2,(H,14,15). The number of nitrogens with one attached hydrogen (secondary N) is 1. The van der Waals surface area contributed by atoms with Crippen LogP contribution in [-0.4, -0.2) is 15.3 Å². The number of imidazole rings is 1.